The van der Waals surface area contributed by atoms with E-state index in [0.29, 0.717) is 5.75 Å². The van der Waals surface area contributed by atoms with Gasteiger partial charge in [0.1, 0.15) is 14.1 Å². The first-order chi connectivity index (χ1) is 7.65. The highest BCUT2D eigenvalue weighted by Gasteiger charge is 2.11. The Hall–Kier alpha value is -0.610. The van der Waals surface area contributed by atoms with Gasteiger partial charge in [-0.25, -0.2) is 4.58 Å². The van der Waals surface area contributed by atoms with Gasteiger partial charge < -0.3 is 17.0 Å². The Balaban J connectivity index is 0.00000256. The number of carbonyl (C=O) groups excluding carboxylic acids is 1. The summed E-state index contributed by atoms with van der Waals surface area (Å²) in [4.78, 5) is 11.8. The molecule has 1 aromatic rings. The molecule has 0 N–H and O–H groups in total. The molecule has 0 atom stereocenters. The Bertz CT molecular complexity index is 386. The van der Waals surface area contributed by atoms with E-state index in [0.717, 1.165) is 12.0 Å². The molecule has 0 fully saturated rings. The molecule has 2 nitrogen and oxygen atoms in total. The van der Waals surface area contributed by atoms with E-state index < -0.39 is 0 Å². The molecule has 94 valence electrons. The van der Waals surface area contributed by atoms with E-state index in [1.807, 2.05) is 44.4 Å². The van der Waals surface area contributed by atoms with E-state index in [1.54, 1.807) is 11.8 Å². The summed E-state index contributed by atoms with van der Waals surface area (Å²) in [5, 5.41) is 1.24. The Morgan fingerprint density at radius 3 is 2.29 bits per heavy atom. The molecule has 0 aromatic heterocycles. The molecular formula is C13H18BrNOS. The molecular weight excluding hydrogens is 298 g/mol. The summed E-state index contributed by atoms with van der Waals surface area (Å²) < 4.78 is 2.07. The third-order valence-electron chi connectivity index (χ3n) is 2.27. The molecule has 1 aromatic carbocycles. The van der Waals surface area contributed by atoms with E-state index in [-0.39, 0.29) is 22.8 Å². The number of hydrogen-bond acceptors (Lipinski definition) is 2. The van der Waals surface area contributed by atoms with Crippen LogP contribution in [0.25, 0.3) is 0 Å². The van der Waals surface area contributed by atoms with Gasteiger partial charge in [0.2, 0.25) is 5.04 Å². The van der Waals surface area contributed by atoms with E-state index in [2.05, 4.69) is 11.5 Å². The zero-order chi connectivity index (χ0) is 12.0. The third kappa shape index (κ3) is 5.50. The average molecular weight is 316 g/mol. The van der Waals surface area contributed by atoms with Gasteiger partial charge in [0.05, 0.1) is 5.75 Å². The van der Waals surface area contributed by atoms with Crippen molar-refractivity contribution in [2.24, 2.45) is 0 Å². The van der Waals surface area contributed by atoms with Crippen molar-refractivity contribution in [3.8, 4) is 0 Å². The first-order valence-electron chi connectivity index (χ1n) is 5.39. The van der Waals surface area contributed by atoms with Crippen LogP contribution in [0.4, 0.5) is 0 Å². The second-order valence-corrected chi connectivity index (χ2v) is 4.77. The largest absolute Gasteiger partial charge is 1.00 e. The minimum Gasteiger partial charge on any atom is -1.00 e. The van der Waals surface area contributed by atoms with Crippen molar-refractivity contribution in [3.63, 3.8) is 0 Å². The van der Waals surface area contributed by atoms with Crippen molar-refractivity contribution in [2.75, 3.05) is 19.8 Å². The van der Waals surface area contributed by atoms with Crippen molar-refractivity contribution in [1.29, 1.82) is 0 Å². The lowest BCUT2D eigenvalue weighted by atomic mass is 10.2. The summed E-state index contributed by atoms with van der Waals surface area (Å²) in [7, 11) is 4.03. The monoisotopic (exact) mass is 315 g/mol. The number of benzene rings is 1. The second-order valence-electron chi connectivity index (χ2n) is 3.72. The highest BCUT2D eigenvalue weighted by Crippen LogP contribution is 2.10. The van der Waals surface area contributed by atoms with Crippen LogP contribution in [0.3, 0.4) is 0 Å². The maximum atomic E-state index is 11.8. The topological polar surface area (TPSA) is 20.1 Å². The zero-order valence-electron chi connectivity index (χ0n) is 10.4. The van der Waals surface area contributed by atoms with Crippen LogP contribution in [-0.4, -0.2) is 35.3 Å². The lowest BCUT2D eigenvalue weighted by molar-refractivity contribution is -0.462. The summed E-state index contributed by atoms with van der Waals surface area (Å²) in [5.74, 6) is 0.712. The number of ketones is 1. The van der Waals surface area contributed by atoms with Gasteiger partial charge in [-0.1, -0.05) is 49.0 Å². The number of hydrogen-bond donors (Lipinski definition) is 0. The first kappa shape index (κ1) is 16.4. The van der Waals surface area contributed by atoms with Crippen molar-refractivity contribution in [1.82, 2.24) is 0 Å². The Labute approximate surface area is 118 Å². The first-order valence-corrected chi connectivity index (χ1v) is 6.38. The highest BCUT2D eigenvalue weighted by atomic mass is 79.9. The van der Waals surface area contributed by atoms with Crippen LogP contribution in [0, 0.1) is 0 Å². The molecule has 0 bridgehead atoms. The maximum Gasteiger partial charge on any atom is 0.210 e. The number of halogens is 1. The van der Waals surface area contributed by atoms with Crippen molar-refractivity contribution in [2.45, 2.75) is 13.3 Å². The second kappa shape index (κ2) is 8.48. The Morgan fingerprint density at radius 1 is 1.24 bits per heavy atom. The average Bonchev–Trinajstić information content (AvgIpc) is 2.30. The number of nitrogens with zero attached hydrogens (tertiary/aromatic N) is 1. The van der Waals surface area contributed by atoms with Crippen LogP contribution >= 0.6 is 11.8 Å². The molecule has 0 amide bonds. The summed E-state index contributed by atoms with van der Waals surface area (Å²) >= 11 is 1.63. The molecule has 4 heteroatoms. The Morgan fingerprint density at radius 2 is 1.82 bits per heavy atom. The van der Waals surface area contributed by atoms with Gasteiger partial charge in [0.15, 0.2) is 5.78 Å². The molecule has 0 radical (unpaired) electrons. The smallest absolute Gasteiger partial charge is 0.210 e. The minimum atomic E-state index is 0. The molecule has 17 heavy (non-hydrogen) atoms. The van der Waals surface area contributed by atoms with E-state index in [1.165, 1.54) is 5.04 Å². The third-order valence-corrected chi connectivity index (χ3v) is 3.66. The van der Waals surface area contributed by atoms with Crippen LogP contribution in [0.15, 0.2) is 30.3 Å². The van der Waals surface area contributed by atoms with Crippen LogP contribution in [0.1, 0.15) is 23.7 Å². The van der Waals surface area contributed by atoms with Gasteiger partial charge >= 0.3 is 0 Å². The number of carbonyl (C=O) groups is 1. The molecule has 0 aliphatic rings. The van der Waals surface area contributed by atoms with Crippen LogP contribution in [0.5, 0.6) is 0 Å². The minimum absolute atomic E-state index is 0. The molecule has 0 heterocycles. The molecule has 0 saturated heterocycles. The predicted octanol–water partition coefficient (Wildman–Crippen LogP) is -0.313. The molecule has 0 unspecified atom stereocenters. The number of thioether (sulfide) groups is 1. The standard InChI is InChI=1S/C13H18NOS.BrH/c1-4-13(14(2)3)16-10-12(15)11-8-6-5-7-9-11;/h5-9H,4,10H2,1-3H3;1H/q+1;/p-1. The summed E-state index contributed by atoms with van der Waals surface area (Å²) in [6, 6.07) is 9.45. The number of rotatable bonds is 4. The van der Waals surface area contributed by atoms with Crippen LogP contribution < -0.4 is 17.0 Å². The van der Waals surface area contributed by atoms with Gasteiger partial charge in [-0.3, -0.25) is 4.79 Å². The predicted molar refractivity (Wildman–Crippen MR) is 70.6 cm³/mol. The molecule has 0 spiro atoms. The van der Waals surface area contributed by atoms with E-state index in [4.69, 9.17) is 0 Å². The van der Waals surface area contributed by atoms with E-state index >= 15 is 0 Å². The van der Waals surface area contributed by atoms with Gasteiger partial charge in [-0.2, -0.15) is 0 Å². The molecule has 0 saturated carbocycles. The Kier molecular flexibility index (Phi) is 8.17. The molecule has 0 aliphatic carbocycles. The maximum absolute atomic E-state index is 11.8. The SMILES string of the molecule is CCC(SCC(=O)c1ccccc1)=[N+](C)C.[Br-]. The fourth-order valence-electron chi connectivity index (χ4n) is 1.40. The van der Waals surface area contributed by atoms with E-state index in [9.17, 15) is 4.79 Å². The van der Waals surface area contributed by atoms with Crippen molar-refractivity contribution >= 4 is 22.6 Å². The fourth-order valence-corrected chi connectivity index (χ4v) is 2.33. The quantitative estimate of drug-likeness (QED) is 0.329. The normalized spacial score (nSPS) is 9.35. The van der Waals surface area contributed by atoms with Crippen molar-refractivity contribution in [3.05, 3.63) is 35.9 Å². The molecule has 1 rings (SSSR count). The summed E-state index contributed by atoms with van der Waals surface area (Å²) in [6.07, 6.45) is 0.972. The lowest BCUT2D eigenvalue weighted by Gasteiger charge is -2.01. The zero-order valence-corrected chi connectivity index (χ0v) is 12.8. The van der Waals surface area contributed by atoms with Crippen LogP contribution in [-0.2, 0) is 0 Å². The lowest BCUT2D eigenvalue weighted by Crippen LogP contribution is -3.00. The summed E-state index contributed by atoms with van der Waals surface area (Å²) in [6.45, 7) is 2.11. The van der Waals surface area contributed by atoms with Gasteiger partial charge in [-0.05, 0) is 0 Å². The highest BCUT2D eigenvalue weighted by molar-refractivity contribution is 8.14. The van der Waals surface area contributed by atoms with Gasteiger partial charge in [-0.15, -0.1) is 0 Å². The van der Waals surface area contributed by atoms with Gasteiger partial charge in [0.25, 0.3) is 0 Å². The van der Waals surface area contributed by atoms with Crippen molar-refractivity contribution < 1.29 is 26.4 Å². The molecule has 0 aliphatic heterocycles. The fraction of sp³-hybridized carbons (Fsp3) is 0.385. The number of Topliss-reactive ketones (excluding diaryl/α,β-unsaturated/α-hetero) is 1. The van der Waals surface area contributed by atoms with Crippen LogP contribution in [0.2, 0.25) is 0 Å². The van der Waals surface area contributed by atoms with Gasteiger partial charge in [0, 0.05) is 12.0 Å². The summed E-state index contributed by atoms with van der Waals surface area (Å²) in [5.41, 5.74) is 0.796.